The Balaban J connectivity index is 1.85. The molecule has 0 radical (unpaired) electrons. The third-order valence-electron chi connectivity index (χ3n) is 4.32. The average molecular weight is 313 g/mol. The van der Waals surface area contributed by atoms with Crippen LogP contribution in [0.5, 0.6) is 0 Å². The Kier molecular flexibility index (Phi) is 3.75. The van der Waals surface area contributed by atoms with Crippen LogP contribution in [0.25, 0.3) is 0 Å². The fraction of sp³-hybridized carbons (Fsp3) is 0.412. The van der Waals surface area contributed by atoms with Gasteiger partial charge < -0.3 is 4.42 Å². The molecule has 1 fully saturated rings. The molecule has 0 aliphatic carbocycles. The number of nitrogens with zero attached hydrogens (tertiary/aromatic N) is 3. The van der Waals surface area contributed by atoms with Crippen LogP contribution < -0.4 is 0 Å². The fourth-order valence-corrected chi connectivity index (χ4v) is 2.82. The molecular formula is C17H19N3O3. The molecule has 2 amide bonds. The normalized spacial score (nSPS) is 21.3. The van der Waals surface area contributed by atoms with Crippen molar-refractivity contribution in [3.63, 3.8) is 0 Å². The number of likely N-dealkylation sites (tertiary alicyclic amines) is 1. The van der Waals surface area contributed by atoms with Crippen molar-refractivity contribution in [2.75, 3.05) is 0 Å². The van der Waals surface area contributed by atoms with E-state index in [-0.39, 0.29) is 30.7 Å². The van der Waals surface area contributed by atoms with Gasteiger partial charge in [0.25, 0.3) is 0 Å². The van der Waals surface area contributed by atoms with Crippen molar-refractivity contribution in [1.29, 1.82) is 0 Å². The molecule has 120 valence electrons. The van der Waals surface area contributed by atoms with Crippen LogP contribution in [0.15, 0.2) is 28.7 Å². The van der Waals surface area contributed by atoms with Gasteiger partial charge in [-0.3, -0.25) is 14.5 Å². The molecule has 1 aromatic heterocycles. The lowest BCUT2D eigenvalue weighted by molar-refractivity contribution is -0.140. The number of aryl methyl sites for hydroxylation is 2. The summed E-state index contributed by atoms with van der Waals surface area (Å²) in [5.41, 5.74) is 1.13. The van der Waals surface area contributed by atoms with Gasteiger partial charge in [0.15, 0.2) is 0 Å². The first-order valence-corrected chi connectivity index (χ1v) is 7.67. The third kappa shape index (κ3) is 2.65. The number of amides is 2. The van der Waals surface area contributed by atoms with E-state index in [1.807, 2.05) is 45.0 Å². The highest BCUT2D eigenvalue weighted by Crippen LogP contribution is 2.37. The second-order valence-electron chi connectivity index (χ2n) is 6.10. The summed E-state index contributed by atoms with van der Waals surface area (Å²) in [6.45, 7) is 5.73. The van der Waals surface area contributed by atoms with E-state index in [1.165, 1.54) is 4.90 Å². The van der Waals surface area contributed by atoms with Gasteiger partial charge in [0.2, 0.25) is 23.6 Å². The summed E-state index contributed by atoms with van der Waals surface area (Å²) < 4.78 is 5.41. The molecule has 1 aromatic carbocycles. The molecule has 1 atom stereocenters. The van der Waals surface area contributed by atoms with Crippen LogP contribution in [0.4, 0.5) is 0 Å². The number of rotatable bonds is 4. The standard InChI is InChI=1S/C17H19N3O3/c1-4-13-18-19-14(23-13)10-20-15(21)9-17(3,16(20)22)12-7-5-11(2)6-8-12/h5-8H,4,9-10H2,1-3H3/t17-/m0/s1. The van der Waals surface area contributed by atoms with Gasteiger partial charge in [0.1, 0.15) is 6.54 Å². The summed E-state index contributed by atoms with van der Waals surface area (Å²) in [5, 5.41) is 7.75. The number of imide groups is 1. The Morgan fingerprint density at radius 3 is 2.43 bits per heavy atom. The van der Waals surface area contributed by atoms with Crippen LogP contribution in [0, 0.1) is 6.92 Å². The van der Waals surface area contributed by atoms with Crippen molar-refractivity contribution in [3.8, 4) is 0 Å². The topological polar surface area (TPSA) is 76.3 Å². The molecule has 0 saturated carbocycles. The van der Waals surface area contributed by atoms with E-state index < -0.39 is 5.41 Å². The maximum absolute atomic E-state index is 12.8. The summed E-state index contributed by atoms with van der Waals surface area (Å²) in [4.78, 5) is 26.4. The van der Waals surface area contributed by atoms with E-state index >= 15 is 0 Å². The van der Waals surface area contributed by atoms with Crippen LogP contribution in [-0.2, 0) is 28.0 Å². The Morgan fingerprint density at radius 1 is 1.17 bits per heavy atom. The zero-order chi connectivity index (χ0) is 16.6. The molecule has 6 heteroatoms. The van der Waals surface area contributed by atoms with E-state index in [1.54, 1.807) is 0 Å². The highest BCUT2D eigenvalue weighted by Gasteiger charge is 2.49. The number of benzene rings is 1. The quantitative estimate of drug-likeness (QED) is 0.808. The summed E-state index contributed by atoms with van der Waals surface area (Å²) in [7, 11) is 0. The lowest BCUT2D eigenvalue weighted by atomic mass is 9.81. The second kappa shape index (κ2) is 5.61. The zero-order valence-corrected chi connectivity index (χ0v) is 13.5. The Bertz CT molecular complexity index is 751. The van der Waals surface area contributed by atoms with Gasteiger partial charge in [0, 0.05) is 12.8 Å². The molecule has 0 N–H and O–H groups in total. The molecule has 1 aliphatic rings. The largest absolute Gasteiger partial charge is 0.423 e. The van der Waals surface area contributed by atoms with E-state index in [2.05, 4.69) is 10.2 Å². The highest BCUT2D eigenvalue weighted by atomic mass is 16.4. The highest BCUT2D eigenvalue weighted by molar-refractivity contribution is 6.08. The van der Waals surface area contributed by atoms with Crippen molar-refractivity contribution in [3.05, 3.63) is 47.2 Å². The minimum atomic E-state index is -0.835. The minimum Gasteiger partial charge on any atom is -0.423 e. The smallest absolute Gasteiger partial charge is 0.240 e. The van der Waals surface area contributed by atoms with E-state index in [0.29, 0.717) is 12.3 Å². The number of aromatic nitrogens is 2. The van der Waals surface area contributed by atoms with Gasteiger partial charge >= 0.3 is 0 Å². The predicted octanol–water partition coefficient (Wildman–Crippen LogP) is 2.16. The molecule has 2 aromatic rings. The SMILES string of the molecule is CCc1nnc(CN2C(=O)C[C@@](C)(c3ccc(C)cc3)C2=O)o1. The first-order chi connectivity index (χ1) is 10.9. The molecule has 2 heterocycles. The van der Waals surface area contributed by atoms with Crippen molar-refractivity contribution in [2.45, 2.75) is 45.6 Å². The van der Waals surface area contributed by atoms with Crippen LogP contribution in [0.2, 0.25) is 0 Å². The lowest BCUT2D eigenvalue weighted by Gasteiger charge is -2.22. The molecular weight excluding hydrogens is 294 g/mol. The first kappa shape index (κ1) is 15.4. The Hall–Kier alpha value is -2.50. The molecule has 6 nitrogen and oxygen atoms in total. The predicted molar refractivity (Wildman–Crippen MR) is 82.4 cm³/mol. The van der Waals surface area contributed by atoms with Gasteiger partial charge in [0.05, 0.1) is 5.41 Å². The minimum absolute atomic E-state index is 0.0338. The van der Waals surface area contributed by atoms with Gasteiger partial charge in [-0.25, -0.2) is 0 Å². The third-order valence-corrected chi connectivity index (χ3v) is 4.32. The summed E-state index contributed by atoms with van der Waals surface area (Å²) in [6.07, 6.45) is 0.777. The summed E-state index contributed by atoms with van der Waals surface area (Å²) in [6, 6.07) is 7.72. The average Bonchev–Trinajstić information content (AvgIpc) is 3.07. The van der Waals surface area contributed by atoms with Gasteiger partial charge in [-0.15, -0.1) is 10.2 Å². The van der Waals surface area contributed by atoms with Gasteiger partial charge in [-0.1, -0.05) is 36.8 Å². The molecule has 1 saturated heterocycles. The van der Waals surface area contributed by atoms with Crippen LogP contribution in [0.1, 0.15) is 43.2 Å². The summed E-state index contributed by atoms with van der Waals surface area (Å²) >= 11 is 0. The van der Waals surface area contributed by atoms with Crippen LogP contribution in [-0.4, -0.2) is 26.9 Å². The van der Waals surface area contributed by atoms with Crippen LogP contribution >= 0.6 is 0 Å². The lowest BCUT2D eigenvalue weighted by Crippen LogP contribution is -2.36. The molecule has 0 bridgehead atoms. The zero-order valence-electron chi connectivity index (χ0n) is 13.5. The van der Waals surface area contributed by atoms with Gasteiger partial charge in [-0.05, 0) is 19.4 Å². The number of hydrogen-bond acceptors (Lipinski definition) is 5. The first-order valence-electron chi connectivity index (χ1n) is 7.67. The Morgan fingerprint density at radius 2 is 1.83 bits per heavy atom. The number of carbonyl (C=O) groups is 2. The number of carbonyl (C=O) groups excluding carboxylic acids is 2. The molecule has 23 heavy (non-hydrogen) atoms. The monoisotopic (exact) mass is 313 g/mol. The molecule has 0 unspecified atom stereocenters. The van der Waals surface area contributed by atoms with Crippen molar-refractivity contribution < 1.29 is 14.0 Å². The van der Waals surface area contributed by atoms with Crippen molar-refractivity contribution in [2.24, 2.45) is 0 Å². The molecule has 3 rings (SSSR count). The maximum Gasteiger partial charge on any atom is 0.240 e. The van der Waals surface area contributed by atoms with Gasteiger partial charge in [-0.2, -0.15) is 0 Å². The Labute approximate surface area is 134 Å². The van der Waals surface area contributed by atoms with Crippen molar-refractivity contribution in [1.82, 2.24) is 15.1 Å². The fourth-order valence-electron chi connectivity index (χ4n) is 2.82. The second-order valence-corrected chi connectivity index (χ2v) is 6.10. The molecule has 0 spiro atoms. The number of hydrogen-bond donors (Lipinski definition) is 0. The maximum atomic E-state index is 12.8. The molecule has 1 aliphatic heterocycles. The van der Waals surface area contributed by atoms with E-state index in [9.17, 15) is 9.59 Å². The van der Waals surface area contributed by atoms with Crippen molar-refractivity contribution >= 4 is 11.8 Å². The summed E-state index contributed by atoms with van der Waals surface area (Å²) in [5.74, 6) is 0.356. The van der Waals surface area contributed by atoms with E-state index in [0.717, 1.165) is 11.1 Å². The van der Waals surface area contributed by atoms with E-state index in [4.69, 9.17) is 4.42 Å². The van der Waals surface area contributed by atoms with Crippen LogP contribution in [0.3, 0.4) is 0 Å².